The van der Waals surface area contributed by atoms with Gasteiger partial charge in [0.25, 0.3) is 0 Å². The van der Waals surface area contributed by atoms with Crippen LogP contribution in [0, 0.1) is 11.3 Å². The van der Waals surface area contributed by atoms with Crippen molar-refractivity contribution in [2.75, 3.05) is 0 Å². The van der Waals surface area contributed by atoms with E-state index in [2.05, 4.69) is 13.2 Å². The standard InChI is InChI=1S/C15H13N.C4H6O2/c1-2-3-8-14(11-7-12-16)13-15-9-5-4-6-10-15;1-3(2)4(5)6/h2-11,13H,1H2;1H2,2H3,(H,5,6). The van der Waals surface area contributed by atoms with Crippen LogP contribution in [-0.4, -0.2) is 11.1 Å². The van der Waals surface area contributed by atoms with Crippen molar-refractivity contribution in [2.45, 2.75) is 6.92 Å². The molecule has 0 bridgehead atoms. The normalized spacial score (nSPS) is 10.6. The second kappa shape index (κ2) is 11.7. The van der Waals surface area contributed by atoms with Crippen LogP contribution >= 0.6 is 0 Å². The maximum atomic E-state index is 9.60. The fraction of sp³-hybridized carbons (Fsp3) is 0.0526. The van der Waals surface area contributed by atoms with Gasteiger partial charge < -0.3 is 5.11 Å². The van der Waals surface area contributed by atoms with Gasteiger partial charge in [0.05, 0.1) is 6.07 Å². The Kier molecular flexibility index (Phi) is 10.0. The topological polar surface area (TPSA) is 61.1 Å². The van der Waals surface area contributed by atoms with Gasteiger partial charge in [-0.3, -0.25) is 0 Å². The highest BCUT2D eigenvalue weighted by molar-refractivity contribution is 5.84. The fourth-order valence-electron chi connectivity index (χ4n) is 1.21. The Bertz CT molecular complexity index is 617. The van der Waals surface area contributed by atoms with Crippen LogP contribution in [0.15, 0.2) is 85.0 Å². The minimum absolute atomic E-state index is 0.176. The summed E-state index contributed by atoms with van der Waals surface area (Å²) >= 11 is 0. The number of carboxylic acid groups (broad SMARTS) is 1. The highest BCUT2D eigenvalue weighted by Crippen LogP contribution is 2.09. The lowest BCUT2D eigenvalue weighted by Gasteiger charge is -1.95. The first-order valence-corrected chi connectivity index (χ1v) is 6.52. The summed E-state index contributed by atoms with van der Waals surface area (Å²) in [7, 11) is 0. The Morgan fingerprint density at radius 1 is 1.27 bits per heavy atom. The van der Waals surface area contributed by atoms with Crippen LogP contribution in [0.5, 0.6) is 0 Å². The summed E-state index contributed by atoms with van der Waals surface area (Å²) in [4.78, 5) is 9.60. The van der Waals surface area contributed by atoms with Crippen LogP contribution < -0.4 is 0 Å². The minimum Gasteiger partial charge on any atom is -0.478 e. The molecule has 0 radical (unpaired) electrons. The molecule has 1 aromatic carbocycles. The van der Waals surface area contributed by atoms with E-state index in [4.69, 9.17) is 10.4 Å². The van der Waals surface area contributed by atoms with Crippen molar-refractivity contribution in [3.8, 4) is 6.07 Å². The summed E-state index contributed by atoms with van der Waals surface area (Å²) in [5.74, 6) is -0.935. The predicted octanol–water partition coefficient (Wildman–Crippen LogP) is 4.54. The largest absolute Gasteiger partial charge is 0.478 e. The molecule has 0 aliphatic carbocycles. The summed E-state index contributed by atoms with van der Waals surface area (Å²) in [6.07, 6.45) is 10.7. The zero-order valence-corrected chi connectivity index (χ0v) is 12.6. The van der Waals surface area contributed by atoms with Crippen LogP contribution in [0.3, 0.4) is 0 Å². The Balaban J connectivity index is 0.000000626. The third kappa shape index (κ3) is 9.76. The highest BCUT2D eigenvalue weighted by Gasteiger charge is 1.90. The molecule has 0 heterocycles. The van der Waals surface area contributed by atoms with Gasteiger partial charge in [-0.1, -0.05) is 61.7 Å². The van der Waals surface area contributed by atoms with Crippen LogP contribution in [0.25, 0.3) is 6.08 Å². The minimum atomic E-state index is -0.935. The van der Waals surface area contributed by atoms with Crippen molar-refractivity contribution in [1.82, 2.24) is 0 Å². The maximum Gasteiger partial charge on any atom is 0.330 e. The van der Waals surface area contributed by atoms with Crippen molar-refractivity contribution in [3.63, 3.8) is 0 Å². The molecule has 0 aromatic heterocycles. The summed E-state index contributed by atoms with van der Waals surface area (Å²) in [6.45, 7) is 8.22. The number of hydrogen-bond donors (Lipinski definition) is 1. The number of nitriles is 1. The molecule has 1 aromatic rings. The van der Waals surface area contributed by atoms with E-state index in [1.807, 2.05) is 54.6 Å². The first-order valence-electron chi connectivity index (χ1n) is 6.52. The van der Waals surface area contributed by atoms with Crippen LogP contribution in [0.4, 0.5) is 0 Å². The third-order valence-electron chi connectivity index (χ3n) is 2.27. The molecule has 1 N–H and O–H groups in total. The van der Waals surface area contributed by atoms with E-state index in [1.54, 1.807) is 12.2 Å². The molecular formula is C19H19NO2. The number of aliphatic carboxylic acids is 1. The first-order chi connectivity index (χ1) is 10.5. The zero-order valence-electron chi connectivity index (χ0n) is 12.6. The molecule has 0 saturated carbocycles. The summed E-state index contributed by atoms with van der Waals surface area (Å²) in [5, 5.41) is 16.4. The van der Waals surface area contributed by atoms with Crippen molar-refractivity contribution in [2.24, 2.45) is 0 Å². The lowest BCUT2D eigenvalue weighted by molar-refractivity contribution is -0.132. The molecule has 0 amide bonds. The van der Waals surface area contributed by atoms with E-state index < -0.39 is 5.97 Å². The quantitative estimate of drug-likeness (QED) is 0.492. The lowest BCUT2D eigenvalue weighted by atomic mass is 10.1. The van der Waals surface area contributed by atoms with E-state index in [0.29, 0.717) is 0 Å². The molecule has 0 aliphatic rings. The number of hydrogen-bond acceptors (Lipinski definition) is 2. The molecule has 0 aliphatic heterocycles. The summed E-state index contributed by atoms with van der Waals surface area (Å²) in [6, 6.07) is 11.9. The maximum absolute atomic E-state index is 9.60. The van der Waals surface area contributed by atoms with Gasteiger partial charge in [-0.25, -0.2) is 4.79 Å². The van der Waals surface area contributed by atoms with Gasteiger partial charge in [-0.2, -0.15) is 5.26 Å². The van der Waals surface area contributed by atoms with Gasteiger partial charge in [0, 0.05) is 11.6 Å². The molecule has 22 heavy (non-hydrogen) atoms. The average Bonchev–Trinajstić information content (AvgIpc) is 2.51. The summed E-state index contributed by atoms with van der Waals surface area (Å²) in [5.41, 5.74) is 2.25. The Morgan fingerprint density at radius 2 is 1.86 bits per heavy atom. The number of rotatable bonds is 5. The number of carbonyl (C=O) groups is 1. The Morgan fingerprint density at radius 3 is 2.32 bits per heavy atom. The van der Waals surface area contributed by atoms with Crippen molar-refractivity contribution in [1.29, 1.82) is 5.26 Å². The molecule has 3 heteroatoms. The van der Waals surface area contributed by atoms with Gasteiger partial charge in [0.1, 0.15) is 0 Å². The number of nitrogens with zero attached hydrogens (tertiary/aromatic N) is 1. The molecule has 0 spiro atoms. The number of allylic oxidation sites excluding steroid dienone is 6. The van der Waals surface area contributed by atoms with Crippen molar-refractivity contribution < 1.29 is 9.90 Å². The van der Waals surface area contributed by atoms with Crippen LogP contribution in [0.1, 0.15) is 12.5 Å². The zero-order chi connectivity index (χ0) is 16.8. The van der Waals surface area contributed by atoms with E-state index in [-0.39, 0.29) is 5.57 Å². The summed E-state index contributed by atoms with van der Waals surface area (Å²) < 4.78 is 0. The van der Waals surface area contributed by atoms with Crippen LogP contribution in [-0.2, 0) is 4.79 Å². The SMILES string of the molecule is C=C(C)C(=O)O.C=CC=CC(C=CC#N)=Cc1ccccc1. The molecule has 112 valence electrons. The number of benzene rings is 1. The molecule has 3 nitrogen and oxygen atoms in total. The third-order valence-corrected chi connectivity index (χ3v) is 2.27. The predicted molar refractivity (Wildman–Crippen MR) is 91.0 cm³/mol. The second-order valence-corrected chi connectivity index (χ2v) is 4.20. The molecule has 0 unspecified atom stereocenters. The van der Waals surface area contributed by atoms with Crippen molar-refractivity contribution in [3.05, 3.63) is 90.6 Å². The molecule has 0 atom stereocenters. The van der Waals surface area contributed by atoms with Gasteiger partial charge in [0.15, 0.2) is 0 Å². The van der Waals surface area contributed by atoms with E-state index in [9.17, 15) is 4.79 Å². The van der Waals surface area contributed by atoms with Crippen LogP contribution in [0.2, 0.25) is 0 Å². The smallest absolute Gasteiger partial charge is 0.330 e. The molecule has 0 fully saturated rings. The van der Waals surface area contributed by atoms with Gasteiger partial charge in [-0.05, 0) is 30.2 Å². The first kappa shape index (κ1) is 18.9. The van der Waals surface area contributed by atoms with Gasteiger partial charge >= 0.3 is 5.97 Å². The second-order valence-electron chi connectivity index (χ2n) is 4.20. The Hall–Kier alpha value is -3.12. The number of carboxylic acids is 1. The van der Waals surface area contributed by atoms with Crippen molar-refractivity contribution >= 4 is 12.0 Å². The lowest BCUT2D eigenvalue weighted by Crippen LogP contribution is -1.92. The van der Waals surface area contributed by atoms with Gasteiger partial charge in [-0.15, -0.1) is 0 Å². The average molecular weight is 293 g/mol. The molecule has 0 saturated heterocycles. The van der Waals surface area contributed by atoms with E-state index in [0.717, 1.165) is 11.1 Å². The molecule has 1 rings (SSSR count). The monoisotopic (exact) mass is 293 g/mol. The van der Waals surface area contributed by atoms with Gasteiger partial charge in [0.2, 0.25) is 0 Å². The Labute approximate surface area is 131 Å². The molecular weight excluding hydrogens is 274 g/mol. The fourth-order valence-corrected chi connectivity index (χ4v) is 1.21. The van der Waals surface area contributed by atoms with E-state index >= 15 is 0 Å². The van der Waals surface area contributed by atoms with E-state index in [1.165, 1.54) is 13.0 Å². The highest BCUT2D eigenvalue weighted by atomic mass is 16.4.